The summed E-state index contributed by atoms with van der Waals surface area (Å²) in [5.74, 6) is -0.580. The zero-order valence-corrected chi connectivity index (χ0v) is 14.7. The van der Waals surface area contributed by atoms with E-state index >= 15 is 0 Å². The first kappa shape index (κ1) is 14.9. The summed E-state index contributed by atoms with van der Waals surface area (Å²) in [4.78, 5) is 12.2. The maximum atomic E-state index is 13.0. The first-order chi connectivity index (χ1) is 8.97. The van der Waals surface area contributed by atoms with Crippen LogP contribution in [0.15, 0.2) is 45.3 Å². The molecule has 0 aliphatic rings. The summed E-state index contributed by atoms with van der Waals surface area (Å²) >= 11 is 8.63. The van der Waals surface area contributed by atoms with E-state index in [1.165, 1.54) is 12.1 Å². The SMILES string of the molecule is O=C(Nc1ccc(F)cc1I)c1cc(Br)ccc1Br. The molecule has 2 nitrogen and oxygen atoms in total. The van der Waals surface area contributed by atoms with Crippen molar-refractivity contribution in [3.63, 3.8) is 0 Å². The first-order valence-electron chi connectivity index (χ1n) is 5.19. The molecule has 0 heterocycles. The van der Waals surface area contributed by atoms with Crippen molar-refractivity contribution in [1.82, 2.24) is 0 Å². The van der Waals surface area contributed by atoms with E-state index < -0.39 is 0 Å². The minimum atomic E-state index is -0.328. The highest BCUT2D eigenvalue weighted by Crippen LogP contribution is 2.24. The minimum Gasteiger partial charge on any atom is -0.321 e. The predicted molar refractivity (Wildman–Crippen MR) is 88.9 cm³/mol. The second-order valence-electron chi connectivity index (χ2n) is 3.70. The molecule has 0 saturated carbocycles. The van der Waals surface area contributed by atoms with Gasteiger partial charge in [-0.25, -0.2) is 4.39 Å². The molecule has 0 saturated heterocycles. The molecule has 0 unspecified atom stereocenters. The number of rotatable bonds is 2. The summed E-state index contributed by atoms with van der Waals surface area (Å²) in [5.41, 5.74) is 1.09. The monoisotopic (exact) mass is 497 g/mol. The van der Waals surface area contributed by atoms with Crippen LogP contribution in [0.5, 0.6) is 0 Å². The Morgan fingerprint density at radius 3 is 2.58 bits per heavy atom. The zero-order valence-electron chi connectivity index (χ0n) is 9.38. The van der Waals surface area contributed by atoms with E-state index in [-0.39, 0.29) is 11.7 Å². The maximum absolute atomic E-state index is 13.0. The summed E-state index contributed by atoms with van der Waals surface area (Å²) in [6.45, 7) is 0. The highest BCUT2D eigenvalue weighted by atomic mass is 127. The molecule has 0 atom stereocenters. The third kappa shape index (κ3) is 3.76. The van der Waals surface area contributed by atoms with Crippen molar-refractivity contribution < 1.29 is 9.18 Å². The number of hydrogen-bond donors (Lipinski definition) is 1. The second kappa shape index (κ2) is 6.32. The molecule has 0 aromatic heterocycles. The third-order valence-electron chi connectivity index (χ3n) is 2.35. The maximum Gasteiger partial charge on any atom is 0.256 e. The predicted octanol–water partition coefficient (Wildman–Crippen LogP) is 5.21. The fourth-order valence-electron chi connectivity index (χ4n) is 1.45. The number of halogens is 4. The van der Waals surface area contributed by atoms with E-state index in [1.54, 1.807) is 18.2 Å². The van der Waals surface area contributed by atoms with Crippen LogP contribution in [0.4, 0.5) is 10.1 Å². The Bertz CT molecular complexity index is 649. The molecule has 2 aromatic carbocycles. The van der Waals surface area contributed by atoms with Crippen LogP contribution in [0, 0.1) is 9.39 Å². The number of amides is 1. The number of carbonyl (C=O) groups is 1. The quantitative estimate of drug-likeness (QED) is 0.566. The third-order valence-corrected chi connectivity index (χ3v) is 4.43. The lowest BCUT2D eigenvalue weighted by atomic mass is 10.2. The van der Waals surface area contributed by atoms with Crippen molar-refractivity contribution in [2.24, 2.45) is 0 Å². The fourth-order valence-corrected chi connectivity index (χ4v) is 2.85. The van der Waals surface area contributed by atoms with Crippen molar-refractivity contribution in [2.75, 3.05) is 5.32 Å². The molecule has 0 fully saturated rings. The Balaban J connectivity index is 2.28. The fraction of sp³-hybridized carbons (Fsp3) is 0. The minimum absolute atomic E-state index is 0.252. The Labute approximate surface area is 140 Å². The largest absolute Gasteiger partial charge is 0.321 e. The Kier molecular flexibility index (Phi) is 4.97. The molecule has 98 valence electrons. The van der Waals surface area contributed by atoms with Gasteiger partial charge >= 0.3 is 0 Å². The summed E-state index contributed by atoms with van der Waals surface area (Å²) < 4.78 is 15.2. The van der Waals surface area contributed by atoms with Crippen LogP contribution in [0.1, 0.15) is 10.4 Å². The number of anilines is 1. The molecule has 1 N–H and O–H groups in total. The molecular weight excluding hydrogens is 492 g/mol. The molecule has 0 aliphatic heterocycles. The number of hydrogen-bond acceptors (Lipinski definition) is 1. The molecule has 19 heavy (non-hydrogen) atoms. The van der Waals surface area contributed by atoms with Crippen LogP contribution in [-0.4, -0.2) is 5.91 Å². The highest BCUT2D eigenvalue weighted by molar-refractivity contribution is 14.1. The van der Waals surface area contributed by atoms with Crippen molar-refractivity contribution in [1.29, 1.82) is 0 Å². The molecule has 2 rings (SSSR count). The van der Waals surface area contributed by atoms with E-state index in [0.29, 0.717) is 19.3 Å². The van der Waals surface area contributed by atoms with Gasteiger partial charge in [0.15, 0.2) is 0 Å². The zero-order chi connectivity index (χ0) is 14.0. The second-order valence-corrected chi connectivity index (χ2v) is 6.63. The molecule has 2 aromatic rings. The average Bonchev–Trinajstić information content (AvgIpc) is 2.35. The normalized spacial score (nSPS) is 10.3. The van der Waals surface area contributed by atoms with Gasteiger partial charge in [0.2, 0.25) is 0 Å². The smallest absolute Gasteiger partial charge is 0.256 e. The summed E-state index contributed by atoms with van der Waals surface area (Å²) in [6.07, 6.45) is 0. The van der Waals surface area contributed by atoms with Crippen LogP contribution in [0.3, 0.4) is 0 Å². The number of benzene rings is 2. The van der Waals surface area contributed by atoms with Gasteiger partial charge in [-0.1, -0.05) is 15.9 Å². The topological polar surface area (TPSA) is 29.1 Å². The lowest BCUT2D eigenvalue weighted by Gasteiger charge is -2.09. The van der Waals surface area contributed by atoms with Gasteiger partial charge in [-0.05, 0) is 74.9 Å². The van der Waals surface area contributed by atoms with Crippen molar-refractivity contribution >= 4 is 66.0 Å². The first-order valence-corrected chi connectivity index (χ1v) is 7.85. The average molecular weight is 499 g/mol. The number of carbonyl (C=O) groups excluding carboxylic acids is 1. The van der Waals surface area contributed by atoms with Gasteiger partial charge in [-0.2, -0.15) is 0 Å². The standard InChI is InChI=1S/C13H7Br2FINO/c14-7-1-3-10(15)9(5-7)13(19)18-12-4-2-8(16)6-11(12)17/h1-6H,(H,18,19). The van der Waals surface area contributed by atoms with Crippen LogP contribution in [0.25, 0.3) is 0 Å². The molecule has 1 amide bonds. The van der Waals surface area contributed by atoms with Crippen molar-refractivity contribution in [3.8, 4) is 0 Å². The number of nitrogens with one attached hydrogen (secondary N) is 1. The summed E-state index contributed by atoms with van der Waals surface area (Å²) in [5, 5.41) is 2.76. The van der Waals surface area contributed by atoms with Crippen LogP contribution in [0.2, 0.25) is 0 Å². The van der Waals surface area contributed by atoms with Gasteiger partial charge in [0.25, 0.3) is 5.91 Å². The van der Waals surface area contributed by atoms with E-state index in [9.17, 15) is 9.18 Å². The Morgan fingerprint density at radius 1 is 1.16 bits per heavy atom. The molecular formula is C13H7Br2FINO. The van der Waals surface area contributed by atoms with Crippen molar-refractivity contribution in [2.45, 2.75) is 0 Å². The molecule has 0 radical (unpaired) electrons. The van der Waals surface area contributed by atoms with Crippen LogP contribution < -0.4 is 5.32 Å². The van der Waals surface area contributed by atoms with E-state index in [0.717, 1.165) is 4.47 Å². The highest BCUT2D eigenvalue weighted by Gasteiger charge is 2.12. The Hall–Kier alpha value is -0.470. The van der Waals surface area contributed by atoms with Gasteiger partial charge < -0.3 is 5.32 Å². The van der Waals surface area contributed by atoms with Gasteiger partial charge in [0, 0.05) is 12.5 Å². The van der Waals surface area contributed by atoms with E-state index in [2.05, 4.69) is 37.2 Å². The van der Waals surface area contributed by atoms with Gasteiger partial charge in [0.05, 0.1) is 11.3 Å². The summed E-state index contributed by atoms with van der Waals surface area (Å²) in [7, 11) is 0. The van der Waals surface area contributed by atoms with Crippen molar-refractivity contribution in [3.05, 3.63) is 60.3 Å². The molecule has 6 heteroatoms. The lowest BCUT2D eigenvalue weighted by Crippen LogP contribution is -2.13. The van der Waals surface area contributed by atoms with Gasteiger partial charge in [-0.15, -0.1) is 0 Å². The van der Waals surface area contributed by atoms with Gasteiger partial charge in [0.1, 0.15) is 5.82 Å². The van der Waals surface area contributed by atoms with Crippen LogP contribution in [-0.2, 0) is 0 Å². The molecule has 0 bridgehead atoms. The van der Waals surface area contributed by atoms with E-state index in [4.69, 9.17) is 0 Å². The lowest BCUT2D eigenvalue weighted by molar-refractivity contribution is 0.102. The summed E-state index contributed by atoms with van der Waals surface area (Å²) in [6, 6.07) is 9.56. The molecule has 0 aliphatic carbocycles. The Morgan fingerprint density at radius 2 is 1.89 bits per heavy atom. The van der Waals surface area contributed by atoms with E-state index in [1.807, 2.05) is 28.7 Å². The van der Waals surface area contributed by atoms with Crippen LogP contribution >= 0.6 is 54.5 Å². The van der Waals surface area contributed by atoms with Gasteiger partial charge in [-0.3, -0.25) is 4.79 Å². The molecule has 0 spiro atoms.